The highest BCUT2D eigenvalue weighted by Crippen LogP contribution is 2.07. The first-order valence-electron chi connectivity index (χ1n) is 5.66. The number of rotatable bonds is 8. The Bertz CT molecular complexity index is 247. The number of carbonyl (C=O) groups excluding carboxylic acids is 2. The molecule has 0 aliphatic carbocycles. The van der Waals surface area contributed by atoms with Gasteiger partial charge in [-0.15, -0.1) is 0 Å². The van der Waals surface area contributed by atoms with Crippen LogP contribution in [-0.4, -0.2) is 43.1 Å². The zero-order valence-electron chi connectivity index (χ0n) is 10.7. The maximum atomic E-state index is 11.5. The van der Waals surface area contributed by atoms with Crippen molar-refractivity contribution >= 4 is 23.6 Å². The molecule has 0 spiro atoms. The number of thioether (sulfide) groups is 1. The third kappa shape index (κ3) is 8.04. The van der Waals surface area contributed by atoms with E-state index in [1.807, 2.05) is 13.8 Å². The Balaban J connectivity index is 4.13. The highest BCUT2D eigenvalue weighted by Gasteiger charge is 2.22. The molecule has 0 aliphatic rings. The fourth-order valence-electron chi connectivity index (χ4n) is 1.31. The largest absolute Gasteiger partial charge is 0.467 e. The molecule has 1 amide bonds. The quantitative estimate of drug-likeness (QED) is 0.488. The van der Waals surface area contributed by atoms with Gasteiger partial charge in [0, 0.05) is 12.3 Å². The van der Waals surface area contributed by atoms with Crippen molar-refractivity contribution < 1.29 is 14.3 Å². The van der Waals surface area contributed by atoms with E-state index in [0.29, 0.717) is 24.6 Å². The second-order valence-electron chi connectivity index (χ2n) is 4.11. The minimum Gasteiger partial charge on any atom is -0.467 e. The maximum Gasteiger partial charge on any atom is 0.328 e. The summed E-state index contributed by atoms with van der Waals surface area (Å²) in [6.07, 6.45) is 0.583. The molecule has 17 heavy (non-hydrogen) atoms. The first-order chi connectivity index (χ1) is 8.01. The molecule has 100 valence electrons. The van der Waals surface area contributed by atoms with Crippen LogP contribution in [0.25, 0.3) is 0 Å². The van der Waals surface area contributed by atoms with Crippen LogP contribution < -0.4 is 11.1 Å². The summed E-state index contributed by atoms with van der Waals surface area (Å²) in [5.74, 6) is 0.829. The van der Waals surface area contributed by atoms with Gasteiger partial charge < -0.3 is 15.8 Å². The van der Waals surface area contributed by atoms with E-state index in [1.54, 1.807) is 0 Å². The molecule has 0 aromatic heterocycles. The van der Waals surface area contributed by atoms with Gasteiger partial charge in [-0.2, -0.15) is 11.8 Å². The molecule has 0 fully saturated rings. The average Bonchev–Trinajstić information content (AvgIpc) is 2.27. The molecule has 0 heterocycles. The third-order valence-corrected chi connectivity index (χ3v) is 3.01. The Morgan fingerprint density at radius 3 is 2.53 bits per heavy atom. The predicted octanol–water partition coefficient (Wildman–Crippen LogP) is 0.382. The van der Waals surface area contributed by atoms with E-state index in [4.69, 9.17) is 5.73 Å². The first-order valence-corrected chi connectivity index (χ1v) is 6.81. The summed E-state index contributed by atoms with van der Waals surface area (Å²) in [6.45, 7) is 4.53. The van der Waals surface area contributed by atoms with Crippen LogP contribution in [0.3, 0.4) is 0 Å². The zero-order valence-corrected chi connectivity index (χ0v) is 11.5. The Labute approximate surface area is 107 Å². The van der Waals surface area contributed by atoms with Crippen molar-refractivity contribution in [1.82, 2.24) is 5.32 Å². The maximum absolute atomic E-state index is 11.5. The van der Waals surface area contributed by atoms with Gasteiger partial charge in [-0.05, 0) is 12.3 Å². The molecule has 0 rings (SSSR count). The third-order valence-electron chi connectivity index (χ3n) is 2.02. The average molecular weight is 262 g/mol. The van der Waals surface area contributed by atoms with Crippen molar-refractivity contribution in [3.05, 3.63) is 0 Å². The lowest BCUT2D eigenvalue weighted by Gasteiger charge is -2.18. The van der Waals surface area contributed by atoms with E-state index in [-0.39, 0.29) is 5.91 Å². The molecule has 1 unspecified atom stereocenters. The number of carbonyl (C=O) groups is 2. The van der Waals surface area contributed by atoms with Gasteiger partial charge in [-0.3, -0.25) is 4.79 Å². The molecular formula is C11H22N2O3S. The van der Waals surface area contributed by atoms with Gasteiger partial charge in [0.05, 0.1) is 12.9 Å². The van der Waals surface area contributed by atoms with Crippen molar-refractivity contribution in [2.45, 2.75) is 26.3 Å². The van der Waals surface area contributed by atoms with E-state index in [0.717, 1.165) is 5.75 Å². The fourth-order valence-corrected chi connectivity index (χ4v) is 1.89. The number of amides is 1. The van der Waals surface area contributed by atoms with Gasteiger partial charge in [0.1, 0.15) is 6.04 Å². The molecule has 1 atom stereocenters. The summed E-state index contributed by atoms with van der Waals surface area (Å²) in [4.78, 5) is 23.0. The fraction of sp³-hybridized carbons (Fsp3) is 0.818. The molecule has 0 aliphatic heterocycles. The minimum atomic E-state index is -0.550. The summed E-state index contributed by atoms with van der Waals surface area (Å²) < 4.78 is 4.66. The van der Waals surface area contributed by atoms with Crippen molar-refractivity contribution in [2.24, 2.45) is 11.7 Å². The van der Waals surface area contributed by atoms with Crippen LogP contribution in [0.2, 0.25) is 0 Å². The molecule has 5 nitrogen and oxygen atoms in total. The van der Waals surface area contributed by atoms with Gasteiger partial charge >= 0.3 is 5.97 Å². The Morgan fingerprint density at radius 1 is 1.41 bits per heavy atom. The van der Waals surface area contributed by atoms with Crippen LogP contribution >= 0.6 is 11.8 Å². The summed E-state index contributed by atoms with van der Waals surface area (Å²) in [5.41, 5.74) is 5.32. The highest BCUT2D eigenvalue weighted by molar-refractivity contribution is 7.99. The predicted molar refractivity (Wildman–Crippen MR) is 69.8 cm³/mol. The molecule has 0 radical (unpaired) electrons. The summed E-state index contributed by atoms with van der Waals surface area (Å²) in [7, 11) is 1.32. The molecule has 0 bridgehead atoms. The van der Waals surface area contributed by atoms with E-state index >= 15 is 0 Å². The van der Waals surface area contributed by atoms with Gasteiger partial charge in [0.15, 0.2) is 0 Å². The lowest BCUT2D eigenvalue weighted by atomic mass is 10.0. The molecule has 6 heteroatoms. The summed E-state index contributed by atoms with van der Waals surface area (Å²) >= 11 is 1.45. The van der Waals surface area contributed by atoms with Crippen molar-refractivity contribution in [3.63, 3.8) is 0 Å². The normalized spacial score (nSPS) is 12.3. The van der Waals surface area contributed by atoms with Gasteiger partial charge in [-0.25, -0.2) is 4.79 Å². The van der Waals surface area contributed by atoms with Crippen LogP contribution in [0.5, 0.6) is 0 Å². The lowest BCUT2D eigenvalue weighted by Crippen LogP contribution is -2.43. The van der Waals surface area contributed by atoms with E-state index in [9.17, 15) is 9.59 Å². The van der Waals surface area contributed by atoms with Gasteiger partial charge in [-0.1, -0.05) is 13.8 Å². The molecular weight excluding hydrogens is 240 g/mol. The second kappa shape index (κ2) is 9.30. The first kappa shape index (κ1) is 16.2. The van der Waals surface area contributed by atoms with Crippen LogP contribution in [0, 0.1) is 5.92 Å². The molecule has 0 aromatic rings. The number of nitrogens with two attached hydrogens (primary N) is 1. The number of hydrogen-bond donors (Lipinski definition) is 2. The SMILES string of the molecule is COC(=O)C(CC(C)C)NC(=O)CSCCN. The molecule has 0 saturated heterocycles. The summed E-state index contributed by atoms with van der Waals surface area (Å²) in [6, 6.07) is -0.550. The van der Waals surface area contributed by atoms with E-state index in [2.05, 4.69) is 10.1 Å². The van der Waals surface area contributed by atoms with E-state index < -0.39 is 12.0 Å². The second-order valence-corrected chi connectivity index (χ2v) is 5.22. The molecule has 0 saturated carbocycles. The number of esters is 1. The van der Waals surface area contributed by atoms with Gasteiger partial charge in [0.2, 0.25) is 5.91 Å². The van der Waals surface area contributed by atoms with Crippen LogP contribution in [0.15, 0.2) is 0 Å². The summed E-state index contributed by atoms with van der Waals surface area (Å²) in [5, 5.41) is 2.68. The standard InChI is InChI=1S/C11H22N2O3S/c1-8(2)6-9(11(15)16-3)13-10(14)7-17-5-4-12/h8-9H,4-7,12H2,1-3H3,(H,13,14). The zero-order chi connectivity index (χ0) is 13.3. The smallest absolute Gasteiger partial charge is 0.328 e. The Kier molecular flexibility index (Phi) is 8.89. The monoisotopic (exact) mass is 262 g/mol. The topological polar surface area (TPSA) is 81.4 Å². The number of hydrogen-bond acceptors (Lipinski definition) is 5. The lowest BCUT2D eigenvalue weighted by molar-refractivity contribution is -0.145. The molecule has 3 N–H and O–H groups in total. The number of ether oxygens (including phenoxy) is 1. The Morgan fingerprint density at radius 2 is 2.06 bits per heavy atom. The van der Waals surface area contributed by atoms with Crippen molar-refractivity contribution in [3.8, 4) is 0 Å². The Hall–Kier alpha value is -0.750. The number of methoxy groups -OCH3 is 1. The van der Waals surface area contributed by atoms with E-state index in [1.165, 1.54) is 18.9 Å². The van der Waals surface area contributed by atoms with Crippen molar-refractivity contribution in [2.75, 3.05) is 25.2 Å². The van der Waals surface area contributed by atoms with Crippen LogP contribution in [0.1, 0.15) is 20.3 Å². The van der Waals surface area contributed by atoms with Crippen LogP contribution in [0.4, 0.5) is 0 Å². The van der Waals surface area contributed by atoms with Crippen LogP contribution in [-0.2, 0) is 14.3 Å². The van der Waals surface area contributed by atoms with Gasteiger partial charge in [0.25, 0.3) is 0 Å². The highest BCUT2D eigenvalue weighted by atomic mass is 32.2. The minimum absolute atomic E-state index is 0.153. The number of nitrogens with one attached hydrogen (secondary N) is 1. The molecule has 0 aromatic carbocycles. The van der Waals surface area contributed by atoms with Crippen molar-refractivity contribution in [1.29, 1.82) is 0 Å².